The largest absolute Gasteiger partial charge is 0.481 e. The van der Waals surface area contributed by atoms with Crippen LogP contribution < -0.4 is 0 Å². The Morgan fingerprint density at radius 3 is 1.94 bits per heavy atom. The highest BCUT2D eigenvalue weighted by Crippen LogP contribution is 2.25. The van der Waals surface area contributed by atoms with Crippen LogP contribution in [0.2, 0.25) is 0 Å². The highest BCUT2D eigenvalue weighted by molar-refractivity contribution is 5.70. The van der Waals surface area contributed by atoms with E-state index in [1.165, 1.54) is 6.42 Å². The van der Waals surface area contributed by atoms with E-state index < -0.39 is 5.97 Å². The number of carboxylic acid groups (broad SMARTS) is 1. The maximum absolute atomic E-state index is 11.2. The number of rotatable bonds is 8. The summed E-state index contributed by atoms with van der Waals surface area (Å²) in [4.78, 5) is 11.2. The molecule has 0 aliphatic carbocycles. The summed E-state index contributed by atoms with van der Waals surface area (Å²) in [6.45, 7) is 10.7. The Morgan fingerprint density at radius 2 is 1.56 bits per heavy atom. The van der Waals surface area contributed by atoms with E-state index in [1.807, 2.05) is 0 Å². The van der Waals surface area contributed by atoms with Crippen molar-refractivity contribution >= 4 is 5.97 Å². The fourth-order valence-corrected chi connectivity index (χ4v) is 2.13. The van der Waals surface area contributed by atoms with Crippen LogP contribution in [-0.4, -0.2) is 11.1 Å². The Hall–Kier alpha value is -0.530. The SMILES string of the molecule is CC(C)CCCC(C)C(CC(C)C)C(=O)O. The lowest BCUT2D eigenvalue weighted by Gasteiger charge is -2.22. The molecular formula is C14H28O2. The minimum atomic E-state index is -0.620. The summed E-state index contributed by atoms with van der Waals surface area (Å²) < 4.78 is 0. The number of aliphatic carboxylic acids is 1. The molecule has 2 unspecified atom stereocenters. The van der Waals surface area contributed by atoms with E-state index in [0.717, 1.165) is 25.2 Å². The Labute approximate surface area is 100 Å². The standard InChI is InChI=1S/C14H28O2/c1-10(2)7-6-8-12(5)13(14(15)16)9-11(3)4/h10-13H,6-9H2,1-5H3,(H,15,16). The number of carboxylic acids is 1. The van der Waals surface area contributed by atoms with Crippen molar-refractivity contribution in [3.63, 3.8) is 0 Å². The maximum Gasteiger partial charge on any atom is 0.306 e. The van der Waals surface area contributed by atoms with Gasteiger partial charge in [-0.25, -0.2) is 0 Å². The number of hydrogen-bond acceptors (Lipinski definition) is 1. The van der Waals surface area contributed by atoms with Crippen molar-refractivity contribution in [3.05, 3.63) is 0 Å². The molecule has 96 valence electrons. The maximum atomic E-state index is 11.2. The lowest BCUT2D eigenvalue weighted by atomic mass is 9.83. The second kappa shape index (κ2) is 7.70. The second-order valence-electron chi connectivity index (χ2n) is 5.88. The van der Waals surface area contributed by atoms with Crippen LogP contribution in [-0.2, 0) is 4.79 Å². The molecule has 0 heterocycles. The van der Waals surface area contributed by atoms with E-state index >= 15 is 0 Å². The van der Waals surface area contributed by atoms with Gasteiger partial charge in [0, 0.05) is 0 Å². The van der Waals surface area contributed by atoms with Crippen LogP contribution in [0.4, 0.5) is 0 Å². The van der Waals surface area contributed by atoms with Gasteiger partial charge in [-0.05, 0) is 30.6 Å². The first-order chi connectivity index (χ1) is 7.34. The van der Waals surface area contributed by atoms with Crippen molar-refractivity contribution in [1.29, 1.82) is 0 Å². The molecular weight excluding hydrogens is 200 g/mol. The first-order valence-corrected chi connectivity index (χ1v) is 6.57. The van der Waals surface area contributed by atoms with E-state index in [1.54, 1.807) is 0 Å². The predicted molar refractivity (Wildman–Crippen MR) is 68.4 cm³/mol. The molecule has 0 fully saturated rings. The highest BCUT2D eigenvalue weighted by Gasteiger charge is 2.24. The summed E-state index contributed by atoms with van der Waals surface area (Å²) in [5.41, 5.74) is 0. The lowest BCUT2D eigenvalue weighted by Crippen LogP contribution is -2.23. The van der Waals surface area contributed by atoms with Gasteiger partial charge in [0.1, 0.15) is 0 Å². The van der Waals surface area contributed by atoms with Crippen LogP contribution in [0.3, 0.4) is 0 Å². The summed E-state index contributed by atoms with van der Waals surface area (Å²) in [5, 5.41) is 9.20. The Morgan fingerprint density at radius 1 is 1.00 bits per heavy atom. The molecule has 0 aromatic rings. The molecule has 0 aromatic heterocycles. The van der Waals surface area contributed by atoms with Crippen molar-refractivity contribution < 1.29 is 9.90 Å². The molecule has 0 aliphatic rings. The molecule has 0 saturated heterocycles. The summed E-state index contributed by atoms with van der Waals surface area (Å²) in [5.74, 6) is 0.714. The van der Waals surface area contributed by atoms with Gasteiger partial charge in [-0.3, -0.25) is 4.79 Å². The first kappa shape index (κ1) is 15.5. The summed E-state index contributed by atoms with van der Waals surface area (Å²) in [6.07, 6.45) is 4.21. The van der Waals surface area contributed by atoms with Gasteiger partial charge in [-0.15, -0.1) is 0 Å². The van der Waals surface area contributed by atoms with Crippen molar-refractivity contribution in [2.75, 3.05) is 0 Å². The third kappa shape index (κ3) is 6.86. The molecule has 0 spiro atoms. The lowest BCUT2D eigenvalue weighted by molar-refractivity contribution is -0.144. The van der Waals surface area contributed by atoms with Gasteiger partial charge < -0.3 is 5.11 Å². The number of carbonyl (C=O) groups is 1. The Balaban J connectivity index is 4.07. The molecule has 0 radical (unpaired) electrons. The minimum absolute atomic E-state index is 0.160. The van der Waals surface area contributed by atoms with Crippen molar-refractivity contribution in [1.82, 2.24) is 0 Å². The van der Waals surface area contributed by atoms with Gasteiger partial charge in [-0.2, -0.15) is 0 Å². The van der Waals surface area contributed by atoms with E-state index in [4.69, 9.17) is 0 Å². The minimum Gasteiger partial charge on any atom is -0.481 e. The van der Waals surface area contributed by atoms with Crippen LogP contribution in [0.1, 0.15) is 60.3 Å². The molecule has 0 saturated carbocycles. The Bertz CT molecular complexity index is 197. The van der Waals surface area contributed by atoms with E-state index in [9.17, 15) is 9.90 Å². The van der Waals surface area contributed by atoms with Gasteiger partial charge in [0.05, 0.1) is 5.92 Å². The fourth-order valence-electron chi connectivity index (χ4n) is 2.13. The van der Waals surface area contributed by atoms with E-state index in [2.05, 4.69) is 34.6 Å². The summed E-state index contributed by atoms with van der Waals surface area (Å²) in [7, 11) is 0. The highest BCUT2D eigenvalue weighted by atomic mass is 16.4. The third-order valence-corrected chi connectivity index (χ3v) is 3.17. The van der Waals surface area contributed by atoms with Crippen LogP contribution >= 0.6 is 0 Å². The van der Waals surface area contributed by atoms with Crippen molar-refractivity contribution in [3.8, 4) is 0 Å². The Kier molecular flexibility index (Phi) is 7.44. The predicted octanol–water partition coefficient (Wildman–Crippen LogP) is 4.20. The monoisotopic (exact) mass is 228 g/mol. The summed E-state index contributed by atoms with van der Waals surface area (Å²) >= 11 is 0. The average molecular weight is 228 g/mol. The molecule has 2 heteroatoms. The quantitative estimate of drug-likeness (QED) is 0.676. The molecule has 16 heavy (non-hydrogen) atoms. The average Bonchev–Trinajstić information content (AvgIpc) is 2.12. The van der Waals surface area contributed by atoms with Crippen molar-refractivity contribution in [2.24, 2.45) is 23.7 Å². The number of hydrogen-bond donors (Lipinski definition) is 1. The zero-order chi connectivity index (χ0) is 12.7. The third-order valence-electron chi connectivity index (χ3n) is 3.17. The summed E-state index contributed by atoms with van der Waals surface area (Å²) in [6, 6.07) is 0. The van der Waals surface area contributed by atoms with Crippen LogP contribution in [0.15, 0.2) is 0 Å². The molecule has 0 aromatic carbocycles. The molecule has 2 nitrogen and oxygen atoms in total. The smallest absolute Gasteiger partial charge is 0.306 e. The van der Waals surface area contributed by atoms with Gasteiger partial charge in [0.2, 0.25) is 0 Å². The molecule has 0 rings (SSSR count). The fraction of sp³-hybridized carbons (Fsp3) is 0.929. The molecule has 0 bridgehead atoms. The van der Waals surface area contributed by atoms with Gasteiger partial charge in [-0.1, -0.05) is 47.5 Å². The molecule has 0 amide bonds. The van der Waals surface area contributed by atoms with Crippen LogP contribution in [0.5, 0.6) is 0 Å². The van der Waals surface area contributed by atoms with Gasteiger partial charge >= 0.3 is 5.97 Å². The van der Waals surface area contributed by atoms with Gasteiger partial charge in [0.15, 0.2) is 0 Å². The van der Waals surface area contributed by atoms with E-state index in [0.29, 0.717) is 11.8 Å². The van der Waals surface area contributed by atoms with E-state index in [-0.39, 0.29) is 5.92 Å². The molecule has 1 N–H and O–H groups in total. The zero-order valence-electron chi connectivity index (χ0n) is 11.5. The normalized spacial score (nSPS) is 15.4. The van der Waals surface area contributed by atoms with Crippen molar-refractivity contribution in [2.45, 2.75) is 60.3 Å². The first-order valence-electron chi connectivity index (χ1n) is 6.57. The topological polar surface area (TPSA) is 37.3 Å². The van der Waals surface area contributed by atoms with Crippen LogP contribution in [0, 0.1) is 23.7 Å². The molecule has 2 atom stereocenters. The molecule has 0 aliphatic heterocycles. The van der Waals surface area contributed by atoms with Gasteiger partial charge in [0.25, 0.3) is 0 Å². The second-order valence-corrected chi connectivity index (χ2v) is 5.88. The van der Waals surface area contributed by atoms with Crippen LogP contribution in [0.25, 0.3) is 0 Å². The zero-order valence-corrected chi connectivity index (χ0v) is 11.5.